The first kappa shape index (κ1) is 23.4. The number of amides is 1. The first-order valence-electron chi connectivity index (χ1n) is 9.25. The summed E-state index contributed by atoms with van der Waals surface area (Å²) in [5.41, 5.74) is 0.569. The van der Waals surface area contributed by atoms with Gasteiger partial charge >= 0.3 is 0 Å². The maximum absolute atomic E-state index is 13.2. The molecule has 0 unspecified atom stereocenters. The number of nitrogens with one attached hydrogen (secondary N) is 1. The summed E-state index contributed by atoms with van der Waals surface area (Å²) in [4.78, 5) is 12.7. The quantitative estimate of drug-likeness (QED) is 0.537. The third-order valence-electron chi connectivity index (χ3n) is 4.69. The fourth-order valence-electron chi connectivity index (χ4n) is 2.88. The van der Waals surface area contributed by atoms with Gasteiger partial charge in [0, 0.05) is 13.1 Å². The van der Waals surface area contributed by atoms with Crippen molar-refractivity contribution in [3.63, 3.8) is 0 Å². The molecular weight excluding hydrogens is 459 g/mol. The number of rotatable bonds is 7. The Morgan fingerprint density at radius 3 is 2.31 bits per heavy atom. The Morgan fingerprint density at radius 2 is 1.69 bits per heavy atom. The van der Waals surface area contributed by atoms with E-state index < -0.39 is 21.7 Å². The van der Waals surface area contributed by atoms with Gasteiger partial charge in [-0.25, -0.2) is 12.8 Å². The zero-order valence-corrected chi connectivity index (χ0v) is 19.0. The maximum Gasteiger partial charge on any atom is 0.264 e. The van der Waals surface area contributed by atoms with Gasteiger partial charge in [0.1, 0.15) is 17.3 Å². The fourth-order valence-corrected chi connectivity index (χ4v) is 4.30. The zero-order chi connectivity index (χ0) is 23.5. The lowest BCUT2D eigenvalue weighted by Gasteiger charge is -2.20. The molecule has 0 fully saturated rings. The highest BCUT2D eigenvalue weighted by Gasteiger charge is 2.24. The summed E-state index contributed by atoms with van der Waals surface area (Å²) in [7, 11) is 0.233. The largest absolute Gasteiger partial charge is 0.497 e. The average Bonchev–Trinajstić information content (AvgIpc) is 2.79. The monoisotopic (exact) mass is 478 g/mol. The fraction of sp³-hybridized carbons (Fsp3) is 0.136. The van der Waals surface area contributed by atoms with E-state index in [4.69, 9.17) is 21.1 Å². The molecule has 10 heteroatoms. The smallest absolute Gasteiger partial charge is 0.264 e. The highest BCUT2D eigenvalue weighted by Crippen LogP contribution is 2.31. The second kappa shape index (κ2) is 9.46. The number of methoxy groups -OCH3 is 2. The van der Waals surface area contributed by atoms with Gasteiger partial charge in [-0.05, 0) is 54.6 Å². The van der Waals surface area contributed by atoms with Crippen molar-refractivity contribution in [2.75, 3.05) is 30.9 Å². The number of halogens is 2. The molecule has 3 aromatic carbocycles. The third-order valence-corrected chi connectivity index (χ3v) is 6.80. The Kier molecular flexibility index (Phi) is 6.90. The standard InChI is InChI=1S/C22H20ClFN2O5S/c1-26(15-6-4-14(24)5-7-15)32(28,29)17-9-10-19(23)18(13-17)22(27)25-20-11-8-16(30-2)12-21(20)31-3/h4-13H,1-3H3,(H,25,27). The molecule has 32 heavy (non-hydrogen) atoms. The van der Waals surface area contributed by atoms with Gasteiger partial charge in [-0.1, -0.05) is 11.6 Å². The summed E-state index contributed by atoms with van der Waals surface area (Å²) in [5, 5.41) is 2.73. The molecule has 168 valence electrons. The molecule has 0 heterocycles. The number of carbonyl (C=O) groups is 1. The summed E-state index contributed by atoms with van der Waals surface area (Å²) in [6, 6.07) is 13.6. The molecule has 3 aromatic rings. The van der Waals surface area contributed by atoms with Crippen LogP contribution >= 0.6 is 11.6 Å². The Morgan fingerprint density at radius 1 is 1.00 bits per heavy atom. The van der Waals surface area contributed by atoms with E-state index in [9.17, 15) is 17.6 Å². The summed E-state index contributed by atoms with van der Waals surface area (Å²) in [5.74, 6) is -0.220. The van der Waals surface area contributed by atoms with Crippen LogP contribution in [0, 0.1) is 5.82 Å². The van der Waals surface area contributed by atoms with Gasteiger partial charge in [0.25, 0.3) is 15.9 Å². The predicted octanol–water partition coefficient (Wildman–Crippen LogP) is 4.57. The second-order valence-electron chi connectivity index (χ2n) is 6.61. The SMILES string of the molecule is COc1ccc(NC(=O)c2cc(S(=O)(=O)N(C)c3ccc(F)cc3)ccc2Cl)c(OC)c1. The number of anilines is 2. The minimum absolute atomic E-state index is 0.0434. The molecule has 0 radical (unpaired) electrons. The van der Waals surface area contributed by atoms with E-state index in [1.807, 2.05) is 0 Å². The van der Waals surface area contributed by atoms with Crippen LogP contribution in [-0.4, -0.2) is 35.6 Å². The Hall–Kier alpha value is -3.30. The van der Waals surface area contributed by atoms with Crippen LogP contribution in [0.4, 0.5) is 15.8 Å². The molecule has 1 N–H and O–H groups in total. The molecule has 1 amide bonds. The van der Waals surface area contributed by atoms with Gasteiger partial charge in [-0.3, -0.25) is 9.10 Å². The van der Waals surface area contributed by atoms with Crippen LogP contribution in [0.15, 0.2) is 65.6 Å². The van der Waals surface area contributed by atoms with E-state index in [1.165, 1.54) is 51.6 Å². The number of hydrogen-bond acceptors (Lipinski definition) is 5. The molecule has 7 nitrogen and oxygen atoms in total. The van der Waals surface area contributed by atoms with E-state index in [2.05, 4.69) is 5.32 Å². The van der Waals surface area contributed by atoms with E-state index in [-0.39, 0.29) is 21.2 Å². The molecule has 0 aliphatic carbocycles. The topological polar surface area (TPSA) is 84.9 Å². The minimum atomic E-state index is -4.04. The molecule has 0 aliphatic rings. The van der Waals surface area contributed by atoms with Crippen LogP contribution < -0.4 is 19.1 Å². The minimum Gasteiger partial charge on any atom is -0.497 e. The number of carbonyl (C=O) groups excluding carboxylic acids is 1. The van der Waals surface area contributed by atoms with Gasteiger partial charge in [-0.2, -0.15) is 0 Å². The van der Waals surface area contributed by atoms with Gasteiger partial charge in [-0.15, -0.1) is 0 Å². The third kappa shape index (κ3) is 4.79. The number of ether oxygens (including phenoxy) is 2. The van der Waals surface area contributed by atoms with Gasteiger partial charge in [0.15, 0.2) is 0 Å². The van der Waals surface area contributed by atoms with Crippen LogP contribution in [0.3, 0.4) is 0 Å². The highest BCUT2D eigenvalue weighted by atomic mass is 35.5. The van der Waals surface area contributed by atoms with E-state index in [0.717, 1.165) is 16.4 Å². The molecule has 0 bridgehead atoms. The van der Waals surface area contributed by atoms with Gasteiger partial charge < -0.3 is 14.8 Å². The first-order chi connectivity index (χ1) is 15.2. The van der Waals surface area contributed by atoms with Crippen LogP contribution in [0.1, 0.15) is 10.4 Å². The lowest BCUT2D eigenvalue weighted by Crippen LogP contribution is -2.27. The van der Waals surface area contributed by atoms with E-state index in [0.29, 0.717) is 17.2 Å². The zero-order valence-electron chi connectivity index (χ0n) is 17.4. The van der Waals surface area contributed by atoms with Crippen molar-refractivity contribution in [2.24, 2.45) is 0 Å². The molecule has 0 saturated carbocycles. The predicted molar refractivity (Wildman–Crippen MR) is 121 cm³/mol. The number of hydrogen-bond donors (Lipinski definition) is 1. The number of benzene rings is 3. The highest BCUT2D eigenvalue weighted by molar-refractivity contribution is 7.92. The first-order valence-corrected chi connectivity index (χ1v) is 11.1. The van der Waals surface area contributed by atoms with E-state index >= 15 is 0 Å². The van der Waals surface area contributed by atoms with Crippen molar-refractivity contribution in [3.05, 3.63) is 77.1 Å². The van der Waals surface area contributed by atoms with Crippen LogP contribution in [0.5, 0.6) is 11.5 Å². The molecule has 0 saturated heterocycles. The molecule has 3 rings (SSSR count). The second-order valence-corrected chi connectivity index (χ2v) is 8.99. The van der Waals surface area contributed by atoms with Crippen molar-refractivity contribution in [1.29, 1.82) is 0 Å². The van der Waals surface area contributed by atoms with Gasteiger partial charge in [0.2, 0.25) is 0 Å². The van der Waals surface area contributed by atoms with E-state index in [1.54, 1.807) is 18.2 Å². The van der Waals surface area contributed by atoms with Crippen molar-refractivity contribution in [3.8, 4) is 11.5 Å². The van der Waals surface area contributed by atoms with Crippen molar-refractivity contribution in [1.82, 2.24) is 0 Å². The van der Waals surface area contributed by atoms with Crippen molar-refractivity contribution < 1.29 is 27.1 Å². The van der Waals surface area contributed by atoms with Gasteiger partial charge in [0.05, 0.1) is 41.1 Å². The van der Waals surface area contributed by atoms with Crippen LogP contribution in [-0.2, 0) is 10.0 Å². The lowest BCUT2D eigenvalue weighted by molar-refractivity contribution is 0.102. The summed E-state index contributed by atoms with van der Waals surface area (Å²) in [6.07, 6.45) is 0. The number of nitrogens with zero attached hydrogens (tertiary/aromatic N) is 1. The number of sulfonamides is 1. The van der Waals surface area contributed by atoms with Crippen LogP contribution in [0.25, 0.3) is 0 Å². The van der Waals surface area contributed by atoms with Crippen molar-refractivity contribution in [2.45, 2.75) is 4.90 Å². The summed E-state index contributed by atoms with van der Waals surface area (Å²) >= 11 is 6.18. The average molecular weight is 479 g/mol. The molecule has 0 aliphatic heterocycles. The Labute approximate surface area is 190 Å². The van der Waals surface area contributed by atoms with Crippen molar-refractivity contribution >= 4 is 38.9 Å². The van der Waals surface area contributed by atoms with Crippen LogP contribution in [0.2, 0.25) is 5.02 Å². The summed E-state index contributed by atoms with van der Waals surface area (Å²) in [6.45, 7) is 0. The maximum atomic E-state index is 13.2. The lowest BCUT2D eigenvalue weighted by atomic mass is 10.2. The Bertz CT molecular complexity index is 1250. The molecular formula is C22H20ClFN2O5S. The molecule has 0 aromatic heterocycles. The summed E-state index contributed by atoms with van der Waals surface area (Å²) < 4.78 is 50.7. The Balaban J connectivity index is 1.93. The molecule has 0 spiro atoms. The normalized spacial score (nSPS) is 11.0. The molecule has 0 atom stereocenters.